The number of hydrogen-bond donors (Lipinski definition) is 0. The zero-order chi connectivity index (χ0) is 16.8. The maximum Gasteiger partial charge on any atom is 0.145 e. The van der Waals surface area contributed by atoms with Gasteiger partial charge in [-0.15, -0.1) is 0 Å². The van der Waals surface area contributed by atoms with Crippen LogP contribution in [0, 0.1) is 6.92 Å². The lowest BCUT2D eigenvalue weighted by molar-refractivity contribution is 1.07. The van der Waals surface area contributed by atoms with Crippen LogP contribution in [0.2, 0.25) is 0 Å². The van der Waals surface area contributed by atoms with Gasteiger partial charge in [0.25, 0.3) is 0 Å². The molecule has 0 N–H and O–H groups in total. The highest BCUT2D eigenvalue weighted by Crippen LogP contribution is 2.30. The molecule has 3 heterocycles. The standard InChI is InChI=1S/C21H16N4/c1-15-12-25(17-7-3-2-4-8-17)21(23-15)19-9-5-6-16-13-24-14-22-11-18(24)10-20(16)19/h2-14H,1H3. The Morgan fingerprint density at radius 3 is 2.68 bits per heavy atom. The molecule has 0 radical (unpaired) electrons. The van der Waals surface area contributed by atoms with Gasteiger partial charge in [-0.05, 0) is 35.9 Å². The highest BCUT2D eigenvalue weighted by Gasteiger charge is 2.13. The molecule has 5 rings (SSSR count). The lowest BCUT2D eigenvalue weighted by Crippen LogP contribution is -1.97. The van der Waals surface area contributed by atoms with Crippen molar-refractivity contribution in [2.24, 2.45) is 0 Å². The normalized spacial score (nSPS) is 11.4. The molecule has 0 aliphatic carbocycles. The van der Waals surface area contributed by atoms with E-state index >= 15 is 0 Å². The van der Waals surface area contributed by atoms with Gasteiger partial charge in [0.15, 0.2) is 0 Å². The monoisotopic (exact) mass is 324 g/mol. The van der Waals surface area contributed by atoms with Gasteiger partial charge in [0.05, 0.1) is 23.7 Å². The average Bonchev–Trinajstić information content (AvgIpc) is 3.26. The average molecular weight is 324 g/mol. The minimum atomic E-state index is 0.957. The van der Waals surface area contributed by atoms with E-state index in [1.807, 2.05) is 42.0 Å². The maximum absolute atomic E-state index is 4.82. The van der Waals surface area contributed by atoms with E-state index in [-0.39, 0.29) is 0 Å². The Labute approximate surface area is 145 Å². The third-order valence-electron chi connectivity index (χ3n) is 4.51. The van der Waals surface area contributed by atoms with Crippen LogP contribution in [-0.2, 0) is 0 Å². The molecule has 5 aromatic rings. The zero-order valence-electron chi connectivity index (χ0n) is 13.8. The molecule has 0 bridgehead atoms. The van der Waals surface area contributed by atoms with Gasteiger partial charge in [0.2, 0.25) is 0 Å². The van der Waals surface area contributed by atoms with Crippen molar-refractivity contribution in [3.8, 4) is 17.1 Å². The Morgan fingerprint density at radius 2 is 1.80 bits per heavy atom. The fourth-order valence-corrected chi connectivity index (χ4v) is 3.36. The maximum atomic E-state index is 4.82. The first-order chi connectivity index (χ1) is 12.3. The Hall–Kier alpha value is -3.40. The highest BCUT2D eigenvalue weighted by molar-refractivity contribution is 5.97. The van der Waals surface area contributed by atoms with Crippen LogP contribution in [0.3, 0.4) is 0 Å². The zero-order valence-corrected chi connectivity index (χ0v) is 13.8. The summed E-state index contributed by atoms with van der Waals surface area (Å²) in [6.45, 7) is 2.03. The van der Waals surface area contributed by atoms with E-state index in [0.717, 1.165) is 28.3 Å². The van der Waals surface area contributed by atoms with Crippen molar-refractivity contribution in [2.75, 3.05) is 0 Å². The number of para-hydroxylation sites is 1. The number of nitrogens with zero attached hydrogens (tertiary/aromatic N) is 4. The lowest BCUT2D eigenvalue weighted by atomic mass is 10.1. The molecule has 0 fully saturated rings. The first-order valence-corrected chi connectivity index (χ1v) is 8.26. The van der Waals surface area contributed by atoms with Crippen LogP contribution >= 0.6 is 0 Å². The molecule has 0 saturated heterocycles. The van der Waals surface area contributed by atoms with Crippen molar-refractivity contribution in [3.05, 3.63) is 85.2 Å². The Morgan fingerprint density at radius 1 is 0.920 bits per heavy atom. The summed E-state index contributed by atoms with van der Waals surface area (Å²) in [5.74, 6) is 0.957. The van der Waals surface area contributed by atoms with E-state index in [9.17, 15) is 0 Å². The molecule has 120 valence electrons. The van der Waals surface area contributed by atoms with Crippen LogP contribution in [0.4, 0.5) is 0 Å². The minimum absolute atomic E-state index is 0.957. The summed E-state index contributed by atoms with van der Waals surface area (Å²) in [5.41, 5.74) is 4.31. The molecule has 0 aliphatic rings. The van der Waals surface area contributed by atoms with Gasteiger partial charge in [-0.3, -0.25) is 4.57 Å². The van der Waals surface area contributed by atoms with Gasteiger partial charge < -0.3 is 4.40 Å². The predicted octanol–water partition coefficient (Wildman–Crippen LogP) is 4.65. The Kier molecular flexibility index (Phi) is 2.97. The molecule has 0 atom stereocenters. The Bertz CT molecular complexity index is 1200. The van der Waals surface area contributed by atoms with Crippen molar-refractivity contribution in [1.82, 2.24) is 18.9 Å². The molecule has 4 nitrogen and oxygen atoms in total. The number of fused-ring (bicyclic) bond motifs is 2. The molecular weight excluding hydrogens is 308 g/mol. The van der Waals surface area contributed by atoms with E-state index in [4.69, 9.17) is 4.98 Å². The number of aromatic nitrogens is 4. The summed E-state index contributed by atoms with van der Waals surface area (Å²) in [6.07, 6.45) is 7.91. The highest BCUT2D eigenvalue weighted by atomic mass is 15.1. The van der Waals surface area contributed by atoms with Crippen molar-refractivity contribution >= 4 is 16.3 Å². The summed E-state index contributed by atoms with van der Waals surface area (Å²) >= 11 is 0. The molecule has 0 aliphatic heterocycles. The van der Waals surface area contributed by atoms with Crippen molar-refractivity contribution in [2.45, 2.75) is 6.92 Å². The fraction of sp³-hybridized carbons (Fsp3) is 0.0476. The summed E-state index contributed by atoms with van der Waals surface area (Å²) in [7, 11) is 0. The van der Waals surface area contributed by atoms with Crippen molar-refractivity contribution in [3.63, 3.8) is 0 Å². The van der Waals surface area contributed by atoms with Gasteiger partial charge in [0.1, 0.15) is 5.82 Å². The first kappa shape index (κ1) is 14.0. The molecular formula is C21H16N4. The Balaban J connectivity index is 1.82. The summed E-state index contributed by atoms with van der Waals surface area (Å²) < 4.78 is 4.20. The quantitative estimate of drug-likeness (QED) is 0.474. The van der Waals surface area contributed by atoms with Crippen molar-refractivity contribution < 1.29 is 0 Å². The largest absolute Gasteiger partial charge is 0.306 e. The van der Waals surface area contributed by atoms with Crippen LogP contribution in [0.25, 0.3) is 33.4 Å². The molecule has 0 unspecified atom stereocenters. The molecule has 3 aromatic heterocycles. The smallest absolute Gasteiger partial charge is 0.145 e. The van der Waals surface area contributed by atoms with Gasteiger partial charge >= 0.3 is 0 Å². The van der Waals surface area contributed by atoms with E-state index in [0.29, 0.717) is 0 Å². The molecule has 25 heavy (non-hydrogen) atoms. The molecule has 2 aromatic carbocycles. The number of hydrogen-bond acceptors (Lipinski definition) is 2. The van der Waals surface area contributed by atoms with Crippen molar-refractivity contribution in [1.29, 1.82) is 0 Å². The minimum Gasteiger partial charge on any atom is -0.306 e. The first-order valence-electron chi connectivity index (χ1n) is 8.26. The van der Waals surface area contributed by atoms with E-state index in [2.05, 4.69) is 58.3 Å². The van der Waals surface area contributed by atoms with Gasteiger partial charge in [0, 0.05) is 23.6 Å². The number of rotatable bonds is 2. The third kappa shape index (κ3) is 2.22. The number of benzene rings is 2. The SMILES string of the molecule is Cc1cn(-c2ccccc2)c(-c2cccc3cn4cncc4cc23)n1. The van der Waals surface area contributed by atoms with Gasteiger partial charge in [-0.25, -0.2) is 9.97 Å². The van der Waals surface area contributed by atoms with Gasteiger partial charge in [-0.1, -0.05) is 36.4 Å². The van der Waals surface area contributed by atoms with Crippen LogP contribution in [0.1, 0.15) is 5.69 Å². The van der Waals surface area contributed by atoms with Crippen LogP contribution in [-0.4, -0.2) is 18.9 Å². The predicted molar refractivity (Wildman–Crippen MR) is 100.0 cm³/mol. The third-order valence-corrected chi connectivity index (χ3v) is 4.51. The second-order valence-corrected chi connectivity index (χ2v) is 6.22. The van der Waals surface area contributed by atoms with E-state index in [1.54, 1.807) is 0 Å². The molecule has 0 spiro atoms. The summed E-state index contributed by atoms with van der Waals surface area (Å²) in [5, 5.41) is 2.35. The van der Waals surface area contributed by atoms with E-state index in [1.165, 1.54) is 10.8 Å². The summed E-state index contributed by atoms with van der Waals surface area (Å²) in [4.78, 5) is 9.05. The topological polar surface area (TPSA) is 35.1 Å². The summed E-state index contributed by atoms with van der Waals surface area (Å²) in [6, 6.07) is 18.9. The second-order valence-electron chi connectivity index (χ2n) is 6.22. The van der Waals surface area contributed by atoms with E-state index < -0.39 is 0 Å². The number of aryl methyl sites for hydroxylation is 1. The molecule has 0 saturated carbocycles. The second kappa shape index (κ2) is 5.31. The number of imidazole rings is 2. The fourth-order valence-electron chi connectivity index (χ4n) is 3.36. The number of pyridine rings is 1. The molecule has 4 heteroatoms. The molecule has 0 amide bonds. The van der Waals surface area contributed by atoms with Crippen LogP contribution in [0.5, 0.6) is 0 Å². The van der Waals surface area contributed by atoms with Gasteiger partial charge in [-0.2, -0.15) is 0 Å². The lowest BCUT2D eigenvalue weighted by Gasteiger charge is -2.11. The van der Waals surface area contributed by atoms with Crippen LogP contribution in [0.15, 0.2) is 79.5 Å². The van der Waals surface area contributed by atoms with Crippen LogP contribution < -0.4 is 0 Å².